The third kappa shape index (κ3) is 3.25. The molecule has 0 saturated heterocycles. The summed E-state index contributed by atoms with van der Waals surface area (Å²) in [5, 5.41) is 7.30. The lowest BCUT2D eigenvalue weighted by Crippen LogP contribution is -2.46. The van der Waals surface area contributed by atoms with Crippen molar-refractivity contribution in [1.82, 2.24) is 10.3 Å². The lowest BCUT2D eigenvalue weighted by atomic mass is 9.75. The second-order valence-electron chi connectivity index (χ2n) is 7.36. The zero-order valence-corrected chi connectivity index (χ0v) is 14.6. The van der Waals surface area contributed by atoms with Crippen LogP contribution in [-0.4, -0.2) is 11.5 Å². The number of hydrogen-bond donors (Lipinski definition) is 1. The number of nitrogens with one attached hydrogen (secondary N) is 1. The number of rotatable bonds is 4. The number of hydrogen-bond acceptors (Lipinski definition) is 3. The Morgan fingerprint density at radius 3 is 2.35 bits per heavy atom. The molecule has 0 radical (unpaired) electrons. The SMILES string of the molecule is CCNC(C)(c1nc(C(C)(C)C)cs1)C1CCCCC1. The third-order valence-electron chi connectivity index (χ3n) is 4.68. The van der Waals surface area contributed by atoms with E-state index in [-0.39, 0.29) is 11.0 Å². The monoisotopic (exact) mass is 294 g/mol. The van der Waals surface area contributed by atoms with Gasteiger partial charge >= 0.3 is 0 Å². The van der Waals surface area contributed by atoms with Gasteiger partial charge in [0, 0.05) is 10.8 Å². The molecular formula is C17H30N2S. The minimum absolute atomic E-state index is 0.0589. The normalized spacial score (nSPS) is 20.9. The first-order valence-electron chi connectivity index (χ1n) is 8.09. The quantitative estimate of drug-likeness (QED) is 0.859. The molecule has 1 aliphatic carbocycles. The van der Waals surface area contributed by atoms with Gasteiger partial charge < -0.3 is 5.32 Å². The van der Waals surface area contributed by atoms with Crippen LogP contribution in [0, 0.1) is 5.92 Å². The Labute approximate surface area is 128 Å². The van der Waals surface area contributed by atoms with Crippen molar-refractivity contribution in [3.05, 3.63) is 16.1 Å². The fourth-order valence-corrected chi connectivity index (χ4v) is 4.56. The van der Waals surface area contributed by atoms with Gasteiger partial charge in [-0.05, 0) is 32.2 Å². The number of nitrogens with zero attached hydrogens (tertiary/aromatic N) is 1. The zero-order valence-electron chi connectivity index (χ0n) is 13.8. The van der Waals surface area contributed by atoms with Crippen molar-refractivity contribution in [3.8, 4) is 0 Å². The van der Waals surface area contributed by atoms with Crippen LogP contribution in [0.15, 0.2) is 5.38 Å². The molecule has 0 aromatic carbocycles. The summed E-state index contributed by atoms with van der Waals surface area (Å²) in [5.74, 6) is 0.732. The second-order valence-corrected chi connectivity index (χ2v) is 8.21. The predicted molar refractivity (Wildman–Crippen MR) is 88.4 cm³/mol. The van der Waals surface area contributed by atoms with E-state index in [2.05, 4.69) is 45.3 Å². The first-order valence-corrected chi connectivity index (χ1v) is 8.97. The molecule has 0 aliphatic heterocycles. The van der Waals surface area contributed by atoms with Crippen LogP contribution in [0.1, 0.15) is 77.4 Å². The Morgan fingerprint density at radius 1 is 1.20 bits per heavy atom. The highest BCUT2D eigenvalue weighted by Crippen LogP contribution is 2.41. The van der Waals surface area contributed by atoms with E-state index < -0.39 is 0 Å². The van der Waals surface area contributed by atoms with Gasteiger partial charge in [0.15, 0.2) is 0 Å². The molecule has 1 aromatic heterocycles. The van der Waals surface area contributed by atoms with Crippen LogP contribution in [0.2, 0.25) is 0 Å². The molecule has 2 rings (SSSR count). The van der Waals surface area contributed by atoms with Crippen molar-refractivity contribution in [3.63, 3.8) is 0 Å². The zero-order chi connectivity index (χ0) is 14.8. The van der Waals surface area contributed by atoms with E-state index in [4.69, 9.17) is 4.98 Å². The minimum Gasteiger partial charge on any atom is -0.306 e. The molecular weight excluding hydrogens is 264 g/mol. The average Bonchev–Trinajstić information content (AvgIpc) is 2.90. The highest BCUT2D eigenvalue weighted by molar-refractivity contribution is 7.09. The number of aromatic nitrogens is 1. The van der Waals surface area contributed by atoms with Gasteiger partial charge in [-0.3, -0.25) is 0 Å². The fourth-order valence-electron chi connectivity index (χ4n) is 3.30. The molecule has 1 N–H and O–H groups in total. The first-order chi connectivity index (χ1) is 9.38. The summed E-state index contributed by atoms with van der Waals surface area (Å²) in [5.41, 5.74) is 1.44. The maximum Gasteiger partial charge on any atom is 0.113 e. The van der Waals surface area contributed by atoms with E-state index in [1.54, 1.807) is 0 Å². The van der Waals surface area contributed by atoms with Crippen molar-refractivity contribution in [2.75, 3.05) is 6.54 Å². The van der Waals surface area contributed by atoms with E-state index >= 15 is 0 Å². The number of thiazole rings is 1. The van der Waals surface area contributed by atoms with E-state index in [0.717, 1.165) is 12.5 Å². The molecule has 1 heterocycles. The molecule has 2 nitrogen and oxygen atoms in total. The van der Waals surface area contributed by atoms with Gasteiger partial charge in [-0.25, -0.2) is 4.98 Å². The van der Waals surface area contributed by atoms with E-state index in [1.807, 2.05) is 11.3 Å². The first kappa shape index (κ1) is 16.0. The highest BCUT2D eigenvalue weighted by Gasteiger charge is 2.38. The maximum atomic E-state index is 5.00. The molecule has 3 heteroatoms. The van der Waals surface area contributed by atoms with Crippen LogP contribution in [0.5, 0.6) is 0 Å². The smallest absolute Gasteiger partial charge is 0.113 e. The Hall–Kier alpha value is -0.410. The Morgan fingerprint density at radius 2 is 1.85 bits per heavy atom. The molecule has 0 amide bonds. The summed E-state index contributed by atoms with van der Waals surface area (Å²) in [6, 6.07) is 0. The topological polar surface area (TPSA) is 24.9 Å². The summed E-state index contributed by atoms with van der Waals surface area (Å²) >= 11 is 1.84. The van der Waals surface area contributed by atoms with Gasteiger partial charge in [-0.1, -0.05) is 47.0 Å². The van der Waals surface area contributed by atoms with Crippen LogP contribution in [0.25, 0.3) is 0 Å². The summed E-state index contributed by atoms with van der Waals surface area (Å²) in [6.07, 6.45) is 6.85. The van der Waals surface area contributed by atoms with Crippen LogP contribution < -0.4 is 5.32 Å². The second kappa shape index (κ2) is 6.15. The lowest BCUT2D eigenvalue weighted by molar-refractivity contribution is 0.179. The molecule has 0 bridgehead atoms. The van der Waals surface area contributed by atoms with Crippen LogP contribution >= 0.6 is 11.3 Å². The largest absolute Gasteiger partial charge is 0.306 e. The molecule has 0 spiro atoms. The van der Waals surface area contributed by atoms with Gasteiger partial charge in [-0.2, -0.15) is 0 Å². The minimum atomic E-state index is 0.0589. The molecule has 1 atom stereocenters. The Bertz CT molecular complexity index is 426. The summed E-state index contributed by atoms with van der Waals surface area (Å²) in [7, 11) is 0. The van der Waals surface area contributed by atoms with Gasteiger partial charge in [0.2, 0.25) is 0 Å². The van der Waals surface area contributed by atoms with E-state index in [1.165, 1.54) is 42.8 Å². The van der Waals surface area contributed by atoms with Gasteiger partial charge in [0.1, 0.15) is 5.01 Å². The maximum absolute atomic E-state index is 5.00. The molecule has 20 heavy (non-hydrogen) atoms. The van der Waals surface area contributed by atoms with Crippen molar-refractivity contribution in [2.45, 2.75) is 77.7 Å². The molecule has 1 saturated carbocycles. The van der Waals surface area contributed by atoms with Crippen LogP contribution in [0.3, 0.4) is 0 Å². The molecule has 1 aromatic rings. The molecule has 114 valence electrons. The summed E-state index contributed by atoms with van der Waals surface area (Å²) in [6.45, 7) is 12.3. The Kier molecular flexibility index (Phi) is 4.91. The third-order valence-corrected chi connectivity index (χ3v) is 5.76. The van der Waals surface area contributed by atoms with Crippen LogP contribution in [0.4, 0.5) is 0 Å². The summed E-state index contributed by atoms with van der Waals surface area (Å²) in [4.78, 5) is 5.00. The Balaban J connectivity index is 2.29. The van der Waals surface area contributed by atoms with Gasteiger partial charge in [0.25, 0.3) is 0 Å². The van der Waals surface area contributed by atoms with E-state index in [0.29, 0.717) is 0 Å². The van der Waals surface area contributed by atoms with Crippen molar-refractivity contribution < 1.29 is 0 Å². The van der Waals surface area contributed by atoms with Gasteiger partial charge in [0.05, 0.1) is 11.2 Å². The van der Waals surface area contributed by atoms with E-state index in [9.17, 15) is 0 Å². The van der Waals surface area contributed by atoms with Crippen LogP contribution in [-0.2, 0) is 11.0 Å². The molecule has 1 aliphatic rings. The van der Waals surface area contributed by atoms with Crippen molar-refractivity contribution >= 4 is 11.3 Å². The van der Waals surface area contributed by atoms with Crippen molar-refractivity contribution in [1.29, 1.82) is 0 Å². The molecule has 1 unspecified atom stereocenters. The molecule has 1 fully saturated rings. The standard InChI is InChI=1S/C17H30N2S/c1-6-18-17(5,13-10-8-7-9-11-13)15-19-14(12-20-15)16(2,3)4/h12-13,18H,6-11H2,1-5H3. The average molecular weight is 295 g/mol. The van der Waals surface area contributed by atoms with Gasteiger partial charge in [-0.15, -0.1) is 11.3 Å². The predicted octanol–water partition coefficient (Wildman–Crippen LogP) is 4.85. The lowest BCUT2D eigenvalue weighted by Gasteiger charge is -2.39. The fraction of sp³-hybridized carbons (Fsp3) is 0.824. The van der Waals surface area contributed by atoms with Crippen molar-refractivity contribution in [2.24, 2.45) is 5.92 Å². The highest BCUT2D eigenvalue weighted by atomic mass is 32.1. The summed E-state index contributed by atoms with van der Waals surface area (Å²) < 4.78 is 0.